The van der Waals surface area contributed by atoms with E-state index in [0.717, 1.165) is 11.3 Å². The van der Waals surface area contributed by atoms with E-state index in [4.69, 9.17) is 14.7 Å². The van der Waals surface area contributed by atoms with E-state index < -0.39 is 27.8 Å². The normalized spacial score (nSPS) is 11.2. The molecule has 0 saturated heterocycles. The Morgan fingerprint density at radius 1 is 1.12 bits per heavy atom. The van der Waals surface area contributed by atoms with Crippen molar-refractivity contribution in [2.45, 2.75) is 24.8 Å². The zero-order valence-corrected chi connectivity index (χ0v) is 19.1. The van der Waals surface area contributed by atoms with E-state index in [1.807, 2.05) is 6.07 Å². The average molecular weight is 491 g/mol. The maximum atomic E-state index is 14.5. The van der Waals surface area contributed by atoms with Gasteiger partial charge >= 0.3 is 11.9 Å². The second kappa shape index (κ2) is 10.5. The van der Waals surface area contributed by atoms with Crippen molar-refractivity contribution in [1.29, 1.82) is 5.26 Å². The first kappa shape index (κ1) is 24.3. The maximum absolute atomic E-state index is 14.5. The Labute approximate surface area is 193 Å². The summed E-state index contributed by atoms with van der Waals surface area (Å²) in [5, 5.41) is 8.70. The van der Waals surface area contributed by atoms with Crippen LogP contribution in [0.4, 0.5) is 4.39 Å². The highest BCUT2D eigenvalue weighted by Gasteiger charge is 2.23. The Bertz CT molecular complexity index is 1330. The van der Waals surface area contributed by atoms with Crippen LogP contribution >= 0.6 is 11.3 Å². The molecule has 172 valence electrons. The Morgan fingerprint density at radius 2 is 1.85 bits per heavy atom. The first-order valence-electron chi connectivity index (χ1n) is 9.79. The zero-order chi connectivity index (χ0) is 24.0. The van der Waals surface area contributed by atoms with Gasteiger partial charge in [0.05, 0.1) is 23.1 Å². The van der Waals surface area contributed by atoms with Crippen LogP contribution in [-0.4, -0.2) is 33.5 Å². The highest BCUT2D eigenvalue weighted by molar-refractivity contribution is 7.89. The van der Waals surface area contributed by atoms with Gasteiger partial charge in [-0.2, -0.15) is 5.26 Å². The van der Waals surface area contributed by atoms with Gasteiger partial charge in [0, 0.05) is 28.6 Å². The summed E-state index contributed by atoms with van der Waals surface area (Å²) in [6, 6.07) is 11.3. The molecule has 0 saturated carbocycles. The Hall–Kier alpha value is -3.33. The Morgan fingerprint density at radius 3 is 2.52 bits per heavy atom. The summed E-state index contributed by atoms with van der Waals surface area (Å²) >= 11 is 1.05. The van der Waals surface area contributed by atoms with Crippen LogP contribution in [0.5, 0.6) is 0 Å². The van der Waals surface area contributed by atoms with Crippen LogP contribution in [0.1, 0.15) is 38.9 Å². The third kappa shape index (κ3) is 5.54. The fourth-order valence-electron chi connectivity index (χ4n) is 2.98. The molecule has 0 bridgehead atoms. The highest BCUT2D eigenvalue weighted by Crippen LogP contribution is 2.34. The molecular formula is C22H19FN2O6S2. The summed E-state index contributed by atoms with van der Waals surface area (Å²) in [7, 11) is -3.82. The quantitative estimate of drug-likeness (QED) is 0.358. The number of rotatable bonds is 9. The van der Waals surface area contributed by atoms with E-state index in [-0.39, 0.29) is 52.5 Å². The molecule has 0 aliphatic carbocycles. The van der Waals surface area contributed by atoms with Crippen LogP contribution in [0.25, 0.3) is 10.1 Å². The number of fused-ring (bicyclic) bond motifs is 1. The molecule has 0 aliphatic rings. The van der Waals surface area contributed by atoms with Crippen LogP contribution < -0.4 is 4.72 Å². The van der Waals surface area contributed by atoms with Gasteiger partial charge in [-0.25, -0.2) is 27.1 Å². The minimum absolute atomic E-state index is 0.0231. The third-order valence-electron chi connectivity index (χ3n) is 4.50. The Kier molecular flexibility index (Phi) is 7.75. The van der Waals surface area contributed by atoms with Gasteiger partial charge in [-0.3, -0.25) is 0 Å². The minimum Gasteiger partial charge on any atom is -0.462 e. The molecule has 3 rings (SSSR count). The summed E-state index contributed by atoms with van der Waals surface area (Å²) in [5.74, 6) is -1.96. The summed E-state index contributed by atoms with van der Waals surface area (Å²) in [4.78, 5) is 24.9. The molecule has 8 nitrogen and oxygen atoms in total. The lowest BCUT2D eigenvalue weighted by Crippen LogP contribution is -2.24. The summed E-state index contributed by atoms with van der Waals surface area (Å²) in [5.41, 5.74) is 0.282. The van der Waals surface area contributed by atoms with Crippen molar-refractivity contribution >= 4 is 43.4 Å². The molecule has 0 spiro atoms. The second-order valence-corrected chi connectivity index (χ2v) is 9.47. The van der Waals surface area contributed by atoms with E-state index in [1.54, 1.807) is 13.0 Å². The second-order valence-electron chi connectivity index (χ2n) is 6.65. The molecule has 0 fully saturated rings. The number of nitrogens with zero attached hydrogens (tertiary/aromatic N) is 1. The van der Waals surface area contributed by atoms with Gasteiger partial charge in [-0.1, -0.05) is 6.07 Å². The number of nitriles is 1. The monoisotopic (exact) mass is 490 g/mol. The van der Waals surface area contributed by atoms with Crippen molar-refractivity contribution in [3.05, 3.63) is 64.3 Å². The number of nitrogens with one attached hydrogen (secondary N) is 1. The van der Waals surface area contributed by atoms with E-state index in [2.05, 4.69) is 4.72 Å². The van der Waals surface area contributed by atoms with Gasteiger partial charge < -0.3 is 9.47 Å². The molecule has 1 N–H and O–H groups in total. The molecule has 0 aliphatic heterocycles. The van der Waals surface area contributed by atoms with Crippen molar-refractivity contribution in [3.63, 3.8) is 0 Å². The summed E-state index contributed by atoms with van der Waals surface area (Å²) < 4.78 is 51.9. The van der Waals surface area contributed by atoms with Gasteiger partial charge in [0.25, 0.3) is 0 Å². The van der Waals surface area contributed by atoms with Gasteiger partial charge in [0.15, 0.2) is 0 Å². The smallest absolute Gasteiger partial charge is 0.348 e. The first-order chi connectivity index (χ1) is 15.8. The number of ether oxygens (including phenoxy) is 2. The number of hydrogen-bond donors (Lipinski definition) is 1. The van der Waals surface area contributed by atoms with Gasteiger partial charge in [0.1, 0.15) is 17.3 Å². The van der Waals surface area contributed by atoms with Crippen LogP contribution in [0.2, 0.25) is 0 Å². The average Bonchev–Trinajstić information content (AvgIpc) is 3.18. The number of esters is 2. The lowest BCUT2D eigenvalue weighted by atomic mass is 10.1. The SMILES string of the molecule is CCOC(=O)c1sc2cccc(F)c2c1COC(=O)c1ccc(S(=O)(=O)NCCC#N)cc1. The predicted octanol–water partition coefficient (Wildman–Crippen LogP) is 3.77. The summed E-state index contributed by atoms with van der Waals surface area (Å²) in [6.07, 6.45) is 0.0231. The minimum atomic E-state index is -3.82. The van der Waals surface area contributed by atoms with Crippen LogP contribution in [0.3, 0.4) is 0 Å². The zero-order valence-electron chi connectivity index (χ0n) is 17.5. The van der Waals surface area contributed by atoms with Crippen molar-refractivity contribution in [2.24, 2.45) is 0 Å². The fourth-order valence-corrected chi connectivity index (χ4v) is 5.13. The highest BCUT2D eigenvalue weighted by atomic mass is 32.2. The fraction of sp³-hybridized carbons (Fsp3) is 0.227. The van der Waals surface area contributed by atoms with E-state index in [9.17, 15) is 22.4 Å². The lowest BCUT2D eigenvalue weighted by molar-refractivity contribution is 0.0454. The van der Waals surface area contributed by atoms with E-state index in [0.29, 0.717) is 4.70 Å². The van der Waals surface area contributed by atoms with E-state index in [1.165, 1.54) is 36.4 Å². The van der Waals surface area contributed by atoms with Crippen molar-refractivity contribution < 1.29 is 31.9 Å². The number of carbonyl (C=O) groups excluding carboxylic acids is 2. The lowest BCUT2D eigenvalue weighted by Gasteiger charge is -2.08. The molecule has 2 aromatic carbocycles. The first-order valence-corrected chi connectivity index (χ1v) is 12.1. The largest absolute Gasteiger partial charge is 0.462 e. The predicted molar refractivity (Wildman–Crippen MR) is 119 cm³/mol. The molecule has 33 heavy (non-hydrogen) atoms. The maximum Gasteiger partial charge on any atom is 0.348 e. The Balaban J connectivity index is 1.79. The van der Waals surface area contributed by atoms with Crippen molar-refractivity contribution in [1.82, 2.24) is 4.72 Å². The van der Waals surface area contributed by atoms with Crippen LogP contribution in [-0.2, 0) is 26.1 Å². The topological polar surface area (TPSA) is 123 Å². The van der Waals surface area contributed by atoms with Crippen LogP contribution in [0, 0.1) is 17.1 Å². The molecule has 0 atom stereocenters. The van der Waals surface area contributed by atoms with Crippen molar-refractivity contribution in [2.75, 3.05) is 13.2 Å². The third-order valence-corrected chi connectivity index (χ3v) is 7.16. The molecule has 1 aromatic heterocycles. The van der Waals surface area contributed by atoms with Crippen LogP contribution in [0.15, 0.2) is 47.4 Å². The van der Waals surface area contributed by atoms with Gasteiger partial charge in [-0.05, 0) is 43.3 Å². The standard InChI is InChI=1S/C22H19FN2O6S2/c1-2-30-22(27)20-16(19-17(23)5-3-6-18(19)32-20)13-31-21(26)14-7-9-15(10-8-14)33(28,29)25-12-4-11-24/h3,5-10,25H,2,4,12-13H2,1H3. The number of halogens is 1. The summed E-state index contributed by atoms with van der Waals surface area (Å²) in [6.45, 7) is 1.38. The molecular weight excluding hydrogens is 471 g/mol. The molecule has 0 radical (unpaired) electrons. The number of hydrogen-bond acceptors (Lipinski definition) is 8. The van der Waals surface area contributed by atoms with Gasteiger partial charge in [0.2, 0.25) is 10.0 Å². The van der Waals surface area contributed by atoms with Gasteiger partial charge in [-0.15, -0.1) is 11.3 Å². The number of carbonyl (C=O) groups is 2. The van der Waals surface area contributed by atoms with Crippen molar-refractivity contribution in [3.8, 4) is 6.07 Å². The molecule has 3 aromatic rings. The molecule has 0 amide bonds. The number of sulfonamides is 1. The molecule has 0 unspecified atom stereocenters. The molecule has 11 heteroatoms. The number of thiophene rings is 1. The molecule has 1 heterocycles. The van der Waals surface area contributed by atoms with E-state index >= 15 is 0 Å². The number of benzene rings is 2.